The summed E-state index contributed by atoms with van der Waals surface area (Å²) in [5.74, 6) is 0.0173. The van der Waals surface area contributed by atoms with Gasteiger partial charge in [-0.15, -0.1) is 0 Å². The highest BCUT2D eigenvalue weighted by Crippen LogP contribution is 2.30. The van der Waals surface area contributed by atoms with E-state index in [0.717, 1.165) is 17.4 Å². The predicted molar refractivity (Wildman–Crippen MR) is 149 cm³/mol. The maximum atomic E-state index is 13.5. The molecule has 0 radical (unpaired) electrons. The average Bonchev–Trinajstić information content (AvgIpc) is 2.80. The zero-order valence-electron chi connectivity index (χ0n) is 22.5. The van der Waals surface area contributed by atoms with Gasteiger partial charge in [-0.25, -0.2) is 8.42 Å². The molecule has 1 atom stereocenters. The number of nitrogens with one attached hydrogen (secondary N) is 1. The van der Waals surface area contributed by atoms with Crippen molar-refractivity contribution in [3.8, 4) is 5.75 Å². The van der Waals surface area contributed by atoms with Crippen LogP contribution in [0.2, 0.25) is 5.02 Å². The van der Waals surface area contributed by atoms with Crippen molar-refractivity contribution in [1.29, 1.82) is 0 Å². The zero-order chi connectivity index (χ0) is 27.8. The Balaban J connectivity index is 2.24. The van der Waals surface area contributed by atoms with Crippen LogP contribution in [-0.4, -0.2) is 57.1 Å². The number of anilines is 1. The van der Waals surface area contributed by atoms with Gasteiger partial charge in [0.1, 0.15) is 11.8 Å². The molecule has 0 heterocycles. The standard InChI is InChI=1S/C27H38ClN3O5S/c1-7-24(27(33)29-19(2)3)30(18-21-11-8-10-20(4)16-21)26(32)12-9-15-31(37(6,34)35)22-13-14-25(36-5)23(28)17-22/h8,10-11,13-14,16-17,19,24H,7,9,12,15,18H2,1-6H3,(H,29,33). The molecule has 0 saturated carbocycles. The van der Waals surface area contributed by atoms with Crippen LogP contribution in [0.4, 0.5) is 5.69 Å². The minimum Gasteiger partial charge on any atom is -0.495 e. The topological polar surface area (TPSA) is 96.0 Å². The summed E-state index contributed by atoms with van der Waals surface area (Å²) >= 11 is 6.21. The summed E-state index contributed by atoms with van der Waals surface area (Å²) < 4.78 is 31.4. The normalized spacial score (nSPS) is 12.2. The molecular formula is C27H38ClN3O5S. The lowest BCUT2D eigenvalue weighted by atomic mass is 10.1. The molecule has 8 nitrogen and oxygen atoms in total. The molecule has 0 aliphatic rings. The third kappa shape index (κ3) is 8.93. The van der Waals surface area contributed by atoms with E-state index in [1.807, 2.05) is 52.0 Å². The number of rotatable bonds is 13. The van der Waals surface area contributed by atoms with Crippen molar-refractivity contribution < 1.29 is 22.7 Å². The molecular weight excluding hydrogens is 514 g/mol. The number of nitrogens with zero attached hydrogens (tertiary/aromatic N) is 2. The fourth-order valence-corrected chi connectivity index (χ4v) is 5.33. The van der Waals surface area contributed by atoms with Gasteiger partial charge in [-0.2, -0.15) is 0 Å². The van der Waals surface area contributed by atoms with E-state index < -0.39 is 16.1 Å². The summed E-state index contributed by atoms with van der Waals surface area (Å²) in [5.41, 5.74) is 2.38. The van der Waals surface area contributed by atoms with Crippen LogP contribution >= 0.6 is 11.6 Å². The molecule has 2 aromatic rings. The van der Waals surface area contributed by atoms with Gasteiger partial charge in [0.2, 0.25) is 21.8 Å². The number of sulfonamides is 1. The zero-order valence-corrected chi connectivity index (χ0v) is 24.0. The second-order valence-corrected chi connectivity index (χ2v) is 11.7. The van der Waals surface area contributed by atoms with Crippen LogP contribution < -0.4 is 14.4 Å². The number of carbonyl (C=O) groups is 2. The van der Waals surface area contributed by atoms with Crippen molar-refractivity contribution >= 4 is 39.1 Å². The molecule has 0 saturated heterocycles. The second kappa shape index (κ2) is 13.7. The largest absolute Gasteiger partial charge is 0.495 e. The van der Waals surface area contributed by atoms with Crippen molar-refractivity contribution in [3.63, 3.8) is 0 Å². The van der Waals surface area contributed by atoms with Crippen LogP contribution in [0, 0.1) is 6.92 Å². The molecule has 2 aromatic carbocycles. The Morgan fingerprint density at radius 2 is 1.84 bits per heavy atom. The molecule has 2 rings (SSSR count). The monoisotopic (exact) mass is 551 g/mol. The molecule has 1 N–H and O–H groups in total. The van der Waals surface area contributed by atoms with Crippen LogP contribution in [0.15, 0.2) is 42.5 Å². The summed E-state index contributed by atoms with van der Waals surface area (Å²) in [6, 6.07) is 11.9. The molecule has 37 heavy (non-hydrogen) atoms. The summed E-state index contributed by atoms with van der Waals surface area (Å²) in [6.45, 7) is 7.98. The predicted octanol–water partition coefficient (Wildman–Crippen LogP) is 4.54. The van der Waals surface area contributed by atoms with E-state index in [1.165, 1.54) is 17.5 Å². The van der Waals surface area contributed by atoms with Crippen LogP contribution in [0.25, 0.3) is 0 Å². The Morgan fingerprint density at radius 1 is 1.14 bits per heavy atom. The first-order chi connectivity index (χ1) is 17.4. The number of methoxy groups -OCH3 is 1. The van der Waals surface area contributed by atoms with Crippen molar-refractivity contribution in [2.24, 2.45) is 0 Å². The number of carbonyl (C=O) groups excluding carboxylic acids is 2. The first-order valence-corrected chi connectivity index (χ1v) is 14.6. The van der Waals surface area contributed by atoms with E-state index >= 15 is 0 Å². The molecule has 0 aromatic heterocycles. The number of benzene rings is 2. The van der Waals surface area contributed by atoms with E-state index in [-0.39, 0.29) is 48.8 Å². The lowest BCUT2D eigenvalue weighted by Crippen LogP contribution is -2.50. The molecule has 0 spiro atoms. The minimum atomic E-state index is -3.63. The third-order valence-electron chi connectivity index (χ3n) is 5.83. The number of aryl methyl sites for hydroxylation is 1. The Morgan fingerprint density at radius 3 is 2.38 bits per heavy atom. The van der Waals surface area contributed by atoms with Gasteiger partial charge in [-0.1, -0.05) is 48.4 Å². The minimum absolute atomic E-state index is 0.0582. The fraction of sp³-hybridized carbons (Fsp3) is 0.481. The molecule has 204 valence electrons. The first kappa shape index (κ1) is 30.4. The number of ether oxygens (including phenoxy) is 1. The van der Waals surface area contributed by atoms with Crippen LogP contribution in [0.5, 0.6) is 5.75 Å². The van der Waals surface area contributed by atoms with Gasteiger partial charge in [-0.05, 0) is 57.4 Å². The van der Waals surface area contributed by atoms with E-state index in [9.17, 15) is 18.0 Å². The van der Waals surface area contributed by atoms with Crippen molar-refractivity contribution in [3.05, 3.63) is 58.6 Å². The van der Waals surface area contributed by atoms with Gasteiger partial charge in [0.05, 0.1) is 24.1 Å². The van der Waals surface area contributed by atoms with Gasteiger partial charge in [0.15, 0.2) is 0 Å². The quantitative estimate of drug-likeness (QED) is 0.394. The fourth-order valence-electron chi connectivity index (χ4n) is 4.12. The van der Waals surface area contributed by atoms with Gasteiger partial charge >= 0.3 is 0 Å². The SMILES string of the molecule is CCC(C(=O)NC(C)C)N(Cc1cccc(C)c1)C(=O)CCCN(c1ccc(OC)c(Cl)c1)S(C)(=O)=O. The second-order valence-electron chi connectivity index (χ2n) is 9.36. The Kier molecular flexibility index (Phi) is 11.3. The van der Waals surface area contributed by atoms with E-state index in [2.05, 4.69) is 5.32 Å². The lowest BCUT2D eigenvalue weighted by Gasteiger charge is -2.31. The molecule has 0 aliphatic carbocycles. The Hall–Kier alpha value is -2.78. The Bertz CT molecular complexity index is 1190. The summed E-state index contributed by atoms with van der Waals surface area (Å²) in [5, 5.41) is 3.20. The smallest absolute Gasteiger partial charge is 0.243 e. The van der Waals surface area contributed by atoms with E-state index in [4.69, 9.17) is 16.3 Å². The van der Waals surface area contributed by atoms with E-state index in [0.29, 0.717) is 17.9 Å². The highest BCUT2D eigenvalue weighted by atomic mass is 35.5. The van der Waals surface area contributed by atoms with Gasteiger partial charge < -0.3 is 15.0 Å². The average molecular weight is 552 g/mol. The van der Waals surface area contributed by atoms with Gasteiger partial charge in [0.25, 0.3) is 0 Å². The molecule has 0 aliphatic heterocycles. The molecule has 2 amide bonds. The first-order valence-electron chi connectivity index (χ1n) is 12.3. The number of amides is 2. The molecule has 0 bridgehead atoms. The molecule has 0 fully saturated rings. The maximum absolute atomic E-state index is 13.5. The van der Waals surface area contributed by atoms with Crippen molar-refractivity contribution in [2.45, 2.75) is 65.6 Å². The van der Waals surface area contributed by atoms with Crippen molar-refractivity contribution in [2.75, 3.05) is 24.2 Å². The Labute approximate surface area is 226 Å². The summed E-state index contributed by atoms with van der Waals surface area (Å²) in [4.78, 5) is 28.0. The van der Waals surface area contributed by atoms with Crippen molar-refractivity contribution in [1.82, 2.24) is 10.2 Å². The van der Waals surface area contributed by atoms with Gasteiger partial charge in [-0.3, -0.25) is 13.9 Å². The lowest BCUT2D eigenvalue weighted by molar-refractivity contribution is -0.141. The molecule has 1 unspecified atom stereocenters. The highest BCUT2D eigenvalue weighted by Gasteiger charge is 2.29. The summed E-state index contributed by atoms with van der Waals surface area (Å²) in [6.07, 6.45) is 1.91. The summed E-state index contributed by atoms with van der Waals surface area (Å²) in [7, 11) is -2.15. The number of hydrogen-bond acceptors (Lipinski definition) is 5. The highest BCUT2D eigenvalue weighted by molar-refractivity contribution is 7.92. The third-order valence-corrected chi connectivity index (χ3v) is 7.32. The van der Waals surface area contributed by atoms with Crippen LogP contribution in [-0.2, 0) is 26.2 Å². The van der Waals surface area contributed by atoms with Gasteiger partial charge in [0, 0.05) is 25.6 Å². The maximum Gasteiger partial charge on any atom is 0.243 e. The van der Waals surface area contributed by atoms with E-state index in [1.54, 1.807) is 17.0 Å². The van der Waals surface area contributed by atoms with Crippen LogP contribution in [0.1, 0.15) is 51.2 Å². The number of hydrogen-bond donors (Lipinski definition) is 1. The number of halogens is 1. The van der Waals surface area contributed by atoms with Crippen LogP contribution in [0.3, 0.4) is 0 Å². The molecule has 10 heteroatoms.